The highest BCUT2D eigenvalue weighted by molar-refractivity contribution is 5.88. The van der Waals surface area contributed by atoms with Crippen LogP contribution in [0.4, 0.5) is 0 Å². The highest BCUT2D eigenvalue weighted by atomic mass is 16.5. The summed E-state index contributed by atoms with van der Waals surface area (Å²) in [6.07, 6.45) is 6.55. The second kappa shape index (κ2) is 15.8. The molecule has 2 rings (SSSR count). The lowest BCUT2D eigenvalue weighted by Crippen LogP contribution is -2.13. The molecule has 0 aliphatic heterocycles. The molecular formula is C31H40O6. The van der Waals surface area contributed by atoms with E-state index >= 15 is 0 Å². The van der Waals surface area contributed by atoms with Crippen LogP contribution >= 0.6 is 0 Å². The number of unbranched alkanes of at least 4 members (excludes halogenated alkanes) is 2. The van der Waals surface area contributed by atoms with Gasteiger partial charge in [0.15, 0.2) is 0 Å². The van der Waals surface area contributed by atoms with Gasteiger partial charge in [0, 0.05) is 12.8 Å². The number of carbonyl (C=O) groups excluding carboxylic acids is 2. The normalized spacial score (nSPS) is 10.7. The molecule has 2 aromatic carbocycles. The van der Waals surface area contributed by atoms with E-state index in [9.17, 15) is 9.59 Å². The number of hydrogen-bond acceptors (Lipinski definition) is 6. The SMILES string of the molecule is C=C(CO)C(=O)OCCc1cc(CCOC(=O)C(=C)CO)cc(-c2ccc(CCCCC)cc2CC)c1. The van der Waals surface area contributed by atoms with Crippen molar-refractivity contribution in [2.75, 3.05) is 26.4 Å². The summed E-state index contributed by atoms with van der Waals surface area (Å²) in [7, 11) is 0. The number of benzene rings is 2. The minimum Gasteiger partial charge on any atom is -0.462 e. The van der Waals surface area contributed by atoms with Gasteiger partial charge in [0.1, 0.15) is 0 Å². The molecule has 0 aromatic heterocycles. The molecule has 6 heteroatoms. The van der Waals surface area contributed by atoms with Crippen molar-refractivity contribution in [2.45, 2.75) is 58.8 Å². The Labute approximate surface area is 220 Å². The number of carbonyl (C=O) groups is 2. The molecule has 37 heavy (non-hydrogen) atoms. The first-order chi connectivity index (χ1) is 17.8. The number of ether oxygens (including phenoxy) is 2. The Morgan fingerprint density at radius 2 is 1.32 bits per heavy atom. The molecule has 2 aromatic rings. The van der Waals surface area contributed by atoms with Gasteiger partial charge in [-0.25, -0.2) is 9.59 Å². The fraction of sp³-hybridized carbons (Fsp3) is 0.419. The zero-order chi connectivity index (χ0) is 27.2. The molecule has 0 aliphatic carbocycles. The maximum absolute atomic E-state index is 11.9. The molecule has 0 bridgehead atoms. The maximum Gasteiger partial charge on any atom is 0.335 e. The van der Waals surface area contributed by atoms with Gasteiger partial charge in [-0.3, -0.25) is 0 Å². The second-order valence-corrected chi connectivity index (χ2v) is 9.14. The molecule has 0 saturated carbocycles. The molecule has 0 unspecified atom stereocenters. The third-order valence-electron chi connectivity index (χ3n) is 6.19. The van der Waals surface area contributed by atoms with Crippen molar-refractivity contribution < 1.29 is 29.3 Å². The molecular weight excluding hydrogens is 468 g/mol. The summed E-state index contributed by atoms with van der Waals surface area (Å²) in [6, 6.07) is 12.9. The van der Waals surface area contributed by atoms with E-state index in [-0.39, 0.29) is 24.4 Å². The van der Waals surface area contributed by atoms with Crippen molar-refractivity contribution >= 4 is 11.9 Å². The predicted octanol–water partition coefficient (Wildman–Crippen LogP) is 4.92. The van der Waals surface area contributed by atoms with Crippen LogP contribution < -0.4 is 0 Å². The van der Waals surface area contributed by atoms with Crippen molar-refractivity contribution in [1.82, 2.24) is 0 Å². The third-order valence-corrected chi connectivity index (χ3v) is 6.19. The average Bonchev–Trinajstić information content (AvgIpc) is 2.91. The lowest BCUT2D eigenvalue weighted by molar-refractivity contribution is -0.140. The standard InChI is InChI=1S/C31H40O6/c1-5-7-8-9-24-10-11-29(27(6-2)17-24)28-18-25(12-14-36-30(34)22(3)20-32)16-26(19-28)13-15-37-31(35)23(4)21-33/h10-11,16-19,32-33H,3-9,12-15,20-21H2,1-2H3. The number of aliphatic hydroxyl groups is 2. The molecule has 2 N–H and O–H groups in total. The summed E-state index contributed by atoms with van der Waals surface area (Å²) < 4.78 is 10.5. The topological polar surface area (TPSA) is 93.1 Å². The summed E-state index contributed by atoms with van der Waals surface area (Å²) in [5.41, 5.74) is 6.83. The molecule has 0 spiro atoms. The van der Waals surface area contributed by atoms with Gasteiger partial charge in [-0.1, -0.05) is 76.2 Å². The lowest BCUT2D eigenvalue weighted by Gasteiger charge is -2.15. The second-order valence-electron chi connectivity index (χ2n) is 9.14. The van der Waals surface area contributed by atoms with Crippen molar-refractivity contribution in [1.29, 1.82) is 0 Å². The van der Waals surface area contributed by atoms with Crippen LogP contribution in [0.1, 0.15) is 55.4 Å². The zero-order valence-corrected chi connectivity index (χ0v) is 22.2. The van der Waals surface area contributed by atoms with E-state index in [1.54, 1.807) is 0 Å². The van der Waals surface area contributed by atoms with Gasteiger partial charge in [0.25, 0.3) is 0 Å². The van der Waals surface area contributed by atoms with Crippen LogP contribution in [0, 0.1) is 0 Å². The highest BCUT2D eigenvalue weighted by Gasteiger charge is 2.12. The van der Waals surface area contributed by atoms with E-state index in [4.69, 9.17) is 19.7 Å². The number of rotatable bonds is 16. The van der Waals surface area contributed by atoms with Crippen molar-refractivity contribution in [3.8, 4) is 11.1 Å². The smallest absolute Gasteiger partial charge is 0.335 e. The summed E-state index contributed by atoms with van der Waals surface area (Å²) in [5, 5.41) is 18.1. The molecule has 0 amide bonds. The van der Waals surface area contributed by atoms with Gasteiger partial charge in [-0.05, 0) is 52.6 Å². The first-order valence-electron chi connectivity index (χ1n) is 13.0. The zero-order valence-electron chi connectivity index (χ0n) is 22.2. The number of esters is 2. The van der Waals surface area contributed by atoms with Crippen LogP contribution in [-0.4, -0.2) is 48.6 Å². The van der Waals surface area contributed by atoms with Gasteiger partial charge >= 0.3 is 11.9 Å². The van der Waals surface area contributed by atoms with Gasteiger partial charge in [-0.2, -0.15) is 0 Å². The van der Waals surface area contributed by atoms with E-state index in [1.807, 2.05) is 6.07 Å². The van der Waals surface area contributed by atoms with Crippen molar-refractivity contribution in [2.24, 2.45) is 0 Å². The number of aryl methyl sites for hydroxylation is 2. The Kier molecular flexibility index (Phi) is 12.8. The van der Waals surface area contributed by atoms with Crippen LogP contribution in [0.5, 0.6) is 0 Å². The Hall–Kier alpha value is -3.22. The van der Waals surface area contributed by atoms with Crippen molar-refractivity contribution in [3.63, 3.8) is 0 Å². The average molecular weight is 509 g/mol. The Morgan fingerprint density at radius 3 is 1.81 bits per heavy atom. The number of hydrogen-bond donors (Lipinski definition) is 2. The molecule has 0 atom stereocenters. The maximum atomic E-state index is 11.9. The fourth-order valence-corrected chi connectivity index (χ4v) is 4.02. The van der Waals surface area contributed by atoms with Crippen LogP contribution in [0.15, 0.2) is 60.7 Å². The van der Waals surface area contributed by atoms with E-state index in [2.05, 4.69) is 57.3 Å². The monoisotopic (exact) mass is 508 g/mol. The van der Waals surface area contributed by atoms with Gasteiger partial charge in [-0.15, -0.1) is 0 Å². The third kappa shape index (κ3) is 9.63. The van der Waals surface area contributed by atoms with Gasteiger partial charge in [0.2, 0.25) is 0 Å². The Bertz CT molecular complexity index is 1030. The van der Waals surface area contributed by atoms with Crippen LogP contribution in [0.3, 0.4) is 0 Å². The largest absolute Gasteiger partial charge is 0.462 e. The van der Waals surface area contributed by atoms with Gasteiger partial charge < -0.3 is 19.7 Å². The molecule has 6 nitrogen and oxygen atoms in total. The fourth-order valence-electron chi connectivity index (χ4n) is 4.02. The Balaban J connectivity index is 2.28. The minimum absolute atomic E-state index is 0.0207. The minimum atomic E-state index is -0.609. The van der Waals surface area contributed by atoms with E-state index < -0.39 is 25.2 Å². The predicted molar refractivity (Wildman–Crippen MR) is 146 cm³/mol. The first kappa shape index (κ1) is 30.0. The molecule has 200 valence electrons. The van der Waals surface area contributed by atoms with E-state index in [1.165, 1.54) is 30.4 Å². The van der Waals surface area contributed by atoms with Crippen LogP contribution in [0.2, 0.25) is 0 Å². The Morgan fingerprint density at radius 1 is 0.757 bits per heavy atom. The van der Waals surface area contributed by atoms with Gasteiger partial charge in [0.05, 0.1) is 37.6 Å². The molecule has 0 fully saturated rings. The van der Waals surface area contributed by atoms with E-state index in [0.717, 1.165) is 35.1 Å². The molecule has 0 heterocycles. The summed E-state index contributed by atoms with van der Waals surface area (Å²) >= 11 is 0. The van der Waals surface area contributed by atoms with Crippen LogP contribution in [0.25, 0.3) is 11.1 Å². The number of aliphatic hydroxyl groups excluding tert-OH is 2. The van der Waals surface area contributed by atoms with E-state index in [0.29, 0.717) is 12.8 Å². The quantitative estimate of drug-likeness (QED) is 0.190. The molecule has 0 saturated heterocycles. The summed E-state index contributed by atoms with van der Waals surface area (Å²) in [6.45, 7) is 10.8. The van der Waals surface area contributed by atoms with Crippen molar-refractivity contribution in [3.05, 3.63) is 83.0 Å². The summed E-state index contributed by atoms with van der Waals surface area (Å²) in [5.74, 6) is -1.22. The molecule has 0 radical (unpaired) electrons. The first-order valence-corrected chi connectivity index (χ1v) is 13.0. The highest BCUT2D eigenvalue weighted by Crippen LogP contribution is 2.29. The summed E-state index contributed by atoms with van der Waals surface area (Å²) in [4.78, 5) is 23.7. The molecule has 0 aliphatic rings. The van der Waals surface area contributed by atoms with Crippen LogP contribution in [-0.2, 0) is 44.7 Å². The lowest BCUT2D eigenvalue weighted by atomic mass is 9.91.